The molecule has 0 aromatic rings. The Morgan fingerprint density at radius 2 is 0.800 bits per heavy atom. The van der Waals surface area contributed by atoms with E-state index in [9.17, 15) is 0 Å². The van der Waals surface area contributed by atoms with Gasteiger partial charge in [0.25, 0.3) is 0 Å². The van der Waals surface area contributed by atoms with Crippen molar-refractivity contribution in [2.24, 2.45) is 0 Å². The summed E-state index contributed by atoms with van der Waals surface area (Å²) in [6.45, 7) is 1.93. The fourth-order valence-corrected chi connectivity index (χ4v) is 1.02. The van der Waals surface area contributed by atoms with Gasteiger partial charge in [0.2, 0.25) is 0 Å². The van der Waals surface area contributed by atoms with Gasteiger partial charge in [-0.25, -0.2) is 20.0 Å². The van der Waals surface area contributed by atoms with Crippen molar-refractivity contribution in [1.29, 1.82) is 0 Å². The highest BCUT2D eigenvalue weighted by molar-refractivity contribution is 4.53. The van der Waals surface area contributed by atoms with Crippen LogP contribution < -0.4 is 0 Å². The van der Waals surface area contributed by atoms with Gasteiger partial charge in [0.05, 0.1) is 13.3 Å². The summed E-state index contributed by atoms with van der Waals surface area (Å²) in [4.78, 5) is 0. The number of rotatable bonds is 0. The molecule has 4 heteroatoms. The maximum absolute atomic E-state index is 2.18. The predicted octanol–water partition coefficient (Wildman–Crippen LogP) is -0.528. The molecule has 1 saturated heterocycles. The number of hydrogen-bond acceptors (Lipinski definition) is 4. The topological polar surface area (TPSA) is 13.0 Å². The molecule has 4 nitrogen and oxygen atoms in total. The lowest BCUT2D eigenvalue weighted by Crippen LogP contribution is -2.58. The Morgan fingerprint density at radius 3 is 1.00 bits per heavy atom. The summed E-state index contributed by atoms with van der Waals surface area (Å²) in [5, 5.41) is 8.72. The first-order valence-corrected chi connectivity index (χ1v) is 3.45. The lowest BCUT2D eigenvalue weighted by atomic mass is 10.7. The molecule has 1 aliphatic heterocycles. The molecule has 0 amide bonds. The molecule has 0 spiro atoms. The third kappa shape index (κ3) is 1.46. The Bertz CT molecular complexity index is 90.3. The molecule has 1 fully saturated rings. The summed E-state index contributed by atoms with van der Waals surface area (Å²) in [6.07, 6.45) is 0. The van der Waals surface area contributed by atoms with E-state index in [0.717, 1.165) is 13.3 Å². The van der Waals surface area contributed by atoms with E-state index < -0.39 is 0 Å². The molecule has 1 rings (SSSR count). The lowest BCUT2D eigenvalue weighted by Gasteiger charge is -2.43. The molecule has 0 aliphatic carbocycles. The average Bonchev–Trinajstić information content (AvgIpc) is 1.84. The van der Waals surface area contributed by atoms with E-state index in [1.165, 1.54) is 0 Å². The zero-order valence-corrected chi connectivity index (χ0v) is 7.20. The summed E-state index contributed by atoms with van der Waals surface area (Å²) in [7, 11) is 8.35. The van der Waals surface area contributed by atoms with Gasteiger partial charge in [0.15, 0.2) is 0 Å². The van der Waals surface area contributed by atoms with Gasteiger partial charge in [-0.1, -0.05) is 0 Å². The zero-order chi connectivity index (χ0) is 7.72. The van der Waals surface area contributed by atoms with Gasteiger partial charge in [0.1, 0.15) is 0 Å². The third-order valence-electron chi connectivity index (χ3n) is 1.98. The van der Waals surface area contributed by atoms with Crippen molar-refractivity contribution >= 4 is 0 Å². The molecule has 10 heavy (non-hydrogen) atoms. The van der Waals surface area contributed by atoms with Crippen molar-refractivity contribution < 1.29 is 0 Å². The Kier molecular flexibility index (Phi) is 2.25. The molecule has 0 bridgehead atoms. The molecule has 0 saturated carbocycles. The van der Waals surface area contributed by atoms with Crippen LogP contribution in [0.1, 0.15) is 0 Å². The van der Waals surface area contributed by atoms with Crippen molar-refractivity contribution in [3.63, 3.8) is 0 Å². The highest BCUT2D eigenvalue weighted by Gasteiger charge is 2.19. The number of hydrazine groups is 2. The van der Waals surface area contributed by atoms with Crippen LogP contribution in [0.3, 0.4) is 0 Å². The van der Waals surface area contributed by atoms with Gasteiger partial charge >= 0.3 is 0 Å². The molecule has 60 valence electrons. The highest BCUT2D eigenvalue weighted by Crippen LogP contribution is 2.03. The minimum atomic E-state index is 0.965. The van der Waals surface area contributed by atoms with Crippen molar-refractivity contribution in [3.05, 3.63) is 0 Å². The quantitative estimate of drug-likeness (QED) is 0.453. The highest BCUT2D eigenvalue weighted by atomic mass is 15.8. The molecule has 0 N–H and O–H groups in total. The Hall–Kier alpha value is -0.160. The Morgan fingerprint density at radius 1 is 0.600 bits per heavy atom. The largest absolute Gasteiger partial charge is 0.228 e. The van der Waals surface area contributed by atoms with Crippen molar-refractivity contribution in [1.82, 2.24) is 20.0 Å². The molecular formula is C6H16N4. The first-order chi connectivity index (χ1) is 4.61. The maximum atomic E-state index is 2.18. The third-order valence-corrected chi connectivity index (χ3v) is 1.98. The second-order valence-corrected chi connectivity index (χ2v) is 2.91. The van der Waals surface area contributed by atoms with Crippen LogP contribution in [0.2, 0.25) is 0 Å². The smallest absolute Gasteiger partial charge is 0.0781 e. The van der Waals surface area contributed by atoms with Crippen molar-refractivity contribution in [2.75, 3.05) is 41.5 Å². The molecule has 0 radical (unpaired) electrons. The van der Waals surface area contributed by atoms with E-state index in [-0.39, 0.29) is 0 Å². The maximum Gasteiger partial charge on any atom is 0.0781 e. The monoisotopic (exact) mass is 144 g/mol. The molecular weight excluding hydrogens is 128 g/mol. The summed E-state index contributed by atoms with van der Waals surface area (Å²) in [6, 6.07) is 0. The zero-order valence-electron chi connectivity index (χ0n) is 7.20. The van der Waals surface area contributed by atoms with E-state index in [1.54, 1.807) is 0 Å². The van der Waals surface area contributed by atoms with Crippen LogP contribution in [-0.2, 0) is 0 Å². The van der Waals surface area contributed by atoms with Gasteiger partial charge in [0, 0.05) is 28.2 Å². The van der Waals surface area contributed by atoms with Crippen LogP contribution in [0.4, 0.5) is 0 Å². The molecule has 0 atom stereocenters. The van der Waals surface area contributed by atoms with Crippen molar-refractivity contribution in [3.8, 4) is 0 Å². The van der Waals surface area contributed by atoms with Crippen LogP contribution in [-0.4, -0.2) is 61.6 Å². The first-order valence-electron chi connectivity index (χ1n) is 3.45. The van der Waals surface area contributed by atoms with Gasteiger partial charge < -0.3 is 0 Å². The van der Waals surface area contributed by atoms with E-state index >= 15 is 0 Å². The van der Waals surface area contributed by atoms with Gasteiger partial charge in [-0.3, -0.25) is 0 Å². The van der Waals surface area contributed by atoms with Crippen LogP contribution in [0.5, 0.6) is 0 Å². The van der Waals surface area contributed by atoms with Crippen molar-refractivity contribution in [2.45, 2.75) is 0 Å². The van der Waals surface area contributed by atoms with Gasteiger partial charge in [-0.15, -0.1) is 0 Å². The van der Waals surface area contributed by atoms with Crippen LogP contribution in [0.25, 0.3) is 0 Å². The van der Waals surface area contributed by atoms with E-state index in [4.69, 9.17) is 0 Å². The second kappa shape index (κ2) is 2.84. The van der Waals surface area contributed by atoms with Gasteiger partial charge in [-0.2, -0.15) is 0 Å². The fourth-order valence-electron chi connectivity index (χ4n) is 1.02. The summed E-state index contributed by atoms with van der Waals surface area (Å²) in [5.41, 5.74) is 0. The lowest BCUT2D eigenvalue weighted by molar-refractivity contribution is -0.182. The summed E-state index contributed by atoms with van der Waals surface area (Å²) in [5.74, 6) is 0. The van der Waals surface area contributed by atoms with Crippen LogP contribution in [0, 0.1) is 0 Å². The minimum absolute atomic E-state index is 0.965. The average molecular weight is 144 g/mol. The summed E-state index contributed by atoms with van der Waals surface area (Å²) < 4.78 is 0. The van der Waals surface area contributed by atoms with Crippen LogP contribution >= 0.6 is 0 Å². The Labute approximate surface area is 62.5 Å². The normalized spacial score (nSPS) is 27.6. The fraction of sp³-hybridized carbons (Fsp3) is 1.00. The van der Waals surface area contributed by atoms with E-state index in [0.29, 0.717) is 0 Å². The van der Waals surface area contributed by atoms with E-state index in [1.807, 2.05) is 0 Å². The molecule has 0 aromatic heterocycles. The van der Waals surface area contributed by atoms with E-state index in [2.05, 4.69) is 48.2 Å². The standard InChI is InChI=1S/C6H16N4/c1-7-5-9(3)10(4)6-8(7)2/h5-6H2,1-4H3. The minimum Gasteiger partial charge on any atom is -0.228 e. The number of hydrogen-bond donors (Lipinski definition) is 0. The van der Waals surface area contributed by atoms with Gasteiger partial charge in [-0.05, 0) is 0 Å². The summed E-state index contributed by atoms with van der Waals surface area (Å²) >= 11 is 0. The molecule has 0 unspecified atom stereocenters. The molecule has 1 aliphatic rings. The molecule has 0 aromatic carbocycles. The number of nitrogens with zero attached hydrogens (tertiary/aromatic N) is 4. The SMILES string of the molecule is CN1CN(C)N(C)CN1C. The first kappa shape index (κ1) is 7.94. The Balaban J connectivity index is 2.46. The second-order valence-electron chi connectivity index (χ2n) is 2.91. The predicted molar refractivity (Wildman–Crippen MR) is 40.8 cm³/mol. The van der Waals surface area contributed by atoms with Crippen LogP contribution in [0.15, 0.2) is 0 Å². The molecule has 1 heterocycles.